The molecule has 1 aliphatic rings. The molecular weight excluding hydrogens is 280 g/mol. The Bertz CT molecular complexity index is 696. The van der Waals surface area contributed by atoms with Gasteiger partial charge in [0.15, 0.2) is 5.65 Å². The Hall–Kier alpha value is -1.99. The second-order valence-corrected chi connectivity index (χ2v) is 5.92. The number of hydrogen-bond donors (Lipinski definition) is 4. The Kier molecular flexibility index (Phi) is 3.84. The van der Waals surface area contributed by atoms with Crippen LogP contribution >= 0.6 is 0 Å². The lowest BCUT2D eigenvalue weighted by molar-refractivity contribution is 0.222. The molecule has 0 bridgehead atoms. The van der Waals surface area contributed by atoms with Gasteiger partial charge in [-0.1, -0.05) is 0 Å². The lowest BCUT2D eigenvalue weighted by Gasteiger charge is -2.27. The van der Waals surface area contributed by atoms with Gasteiger partial charge in [-0.05, 0) is 38.4 Å². The maximum Gasteiger partial charge on any atom is 0.227 e. The average Bonchev–Trinajstić information content (AvgIpc) is 2.94. The SMILES string of the molecule is CNc1nc(N[C@]2(CO)CCNC2)nc2nc(C)cc(C)c12. The van der Waals surface area contributed by atoms with Gasteiger partial charge in [-0.3, -0.25) is 0 Å². The van der Waals surface area contributed by atoms with Gasteiger partial charge in [-0.25, -0.2) is 4.98 Å². The number of nitrogens with one attached hydrogen (secondary N) is 3. The third-order valence-electron chi connectivity index (χ3n) is 4.15. The first-order valence-electron chi connectivity index (χ1n) is 7.50. The largest absolute Gasteiger partial charge is 0.394 e. The first kappa shape index (κ1) is 14.9. The Morgan fingerprint density at radius 2 is 2.14 bits per heavy atom. The molecule has 0 radical (unpaired) electrons. The summed E-state index contributed by atoms with van der Waals surface area (Å²) >= 11 is 0. The highest BCUT2D eigenvalue weighted by molar-refractivity contribution is 5.90. The minimum Gasteiger partial charge on any atom is -0.394 e. The predicted molar refractivity (Wildman–Crippen MR) is 87.3 cm³/mol. The van der Waals surface area contributed by atoms with Gasteiger partial charge in [-0.15, -0.1) is 0 Å². The number of anilines is 2. The smallest absolute Gasteiger partial charge is 0.227 e. The number of aryl methyl sites for hydroxylation is 2. The zero-order valence-corrected chi connectivity index (χ0v) is 13.2. The van der Waals surface area contributed by atoms with Crippen LogP contribution in [0.3, 0.4) is 0 Å². The minimum absolute atomic E-state index is 0.0383. The normalized spacial score (nSPS) is 21.3. The van der Waals surface area contributed by atoms with Crippen LogP contribution in [0.25, 0.3) is 11.0 Å². The van der Waals surface area contributed by atoms with E-state index in [1.54, 1.807) is 0 Å². The quantitative estimate of drug-likeness (QED) is 0.664. The number of nitrogens with zero attached hydrogens (tertiary/aromatic N) is 3. The maximum atomic E-state index is 9.72. The van der Waals surface area contributed by atoms with E-state index in [1.165, 1.54) is 0 Å². The molecule has 2 aromatic rings. The number of aliphatic hydroxyl groups excluding tert-OH is 1. The first-order chi connectivity index (χ1) is 10.6. The molecule has 118 valence electrons. The van der Waals surface area contributed by atoms with E-state index in [4.69, 9.17) is 0 Å². The van der Waals surface area contributed by atoms with Crippen LogP contribution in [-0.2, 0) is 0 Å². The molecule has 1 saturated heterocycles. The van der Waals surface area contributed by atoms with E-state index in [2.05, 4.69) is 30.9 Å². The highest BCUT2D eigenvalue weighted by Crippen LogP contribution is 2.26. The molecule has 22 heavy (non-hydrogen) atoms. The summed E-state index contributed by atoms with van der Waals surface area (Å²) in [5.41, 5.74) is 2.28. The summed E-state index contributed by atoms with van der Waals surface area (Å²) in [5, 5.41) is 20.3. The van der Waals surface area contributed by atoms with Crippen molar-refractivity contribution in [1.29, 1.82) is 0 Å². The van der Waals surface area contributed by atoms with Crippen LogP contribution in [-0.4, -0.2) is 52.3 Å². The first-order valence-corrected chi connectivity index (χ1v) is 7.50. The predicted octanol–water partition coefficient (Wildman–Crippen LogP) is 0.820. The lowest BCUT2D eigenvalue weighted by atomic mass is 10.0. The number of aliphatic hydroxyl groups is 1. The fourth-order valence-electron chi connectivity index (χ4n) is 2.98. The zero-order chi connectivity index (χ0) is 15.7. The van der Waals surface area contributed by atoms with Gasteiger partial charge in [0.2, 0.25) is 5.95 Å². The molecule has 0 unspecified atom stereocenters. The van der Waals surface area contributed by atoms with Crippen molar-refractivity contribution in [3.63, 3.8) is 0 Å². The van der Waals surface area contributed by atoms with Crippen molar-refractivity contribution in [2.24, 2.45) is 0 Å². The monoisotopic (exact) mass is 302 g/mol. The van der Waals surface area contributed by atoms with Crippen LogP contribution < -0.4 is 16.0 Å². The van der Waals surface area contributed by atoms with Gasteiger partial charge < -0.3 is 21.1 Å². The molecule has 1 atom stereocenters. The van der Waals surface area contributed by atoms with E-state index in [-0.39, 0.29) is 6.61 Å². The molecule has 0 saturated carbocycles. The number of hydrogen-bond acceptors (Lipinski definition) is 7. The highest BCUT2D eigenvalue weighted by atomic mass is 16.3. The number of fused-ring (bicyclic) bond motifs is 1. The number of aromatic nitrogens is 3. The van der Waals surface area contributed by atoms with Crippen molar-refractivity contribution >= 4 is 22.8 Å². The topological polar surface area (TPSA) is 95.0 Å². The number of rotatable bonds is 4. The zero-order valence-electron chi connectivity index (χ0n) is 13.2. The number of pyridine rings is 1. The standard InChI is InChI=1S/C15H22N6O/c1-9-6-10(2)18-13-11(9)12(16-3)19-14(20-13)21-15(8-22)4-5-17-7-15/h6,17,22H,4-5,7-8H2,1-3H3,(H2,16,18,19,20,21)/t15-/m1/s1. The van der Waals surface area contributed by atoms with Crippen LogP contribution in [0.15, 0.2) is 6.07 Å². The van der Waals surface area contributed by atoms with Crippen LogP contribution in [0, 0.1) is 13.8 Å². The molecule has 1 aliphatic heterocycles. The molecule has 7 heteroatoms. The third kappa shape index (κ3) is 2.57. The summed E-state index contributed by atoms with van der Waals surface area (Å²) in [4.78, 5) is 13.6. The Labute approximate surface area is 129 Å². The molecular formula is C15H22N6O. The van der Waals surface area contributed by atoms with Gasteiger partial charge in [-0.2, -0.15) is 9.97 Å². The maximum absolute atomic E-state index is 9.72. The molecule has 3 rings (SSSR count). The molecule has 7 nitrogen and oxygen atoms in total. The summed E-state index contributed by atoms with van der Waals surface area (Å²) in [6.07, 6.45) is 0.833. The van der Waals surface area contributed by atoms with Gasteiger partial charge in [0, 0.05) is 19.3 Å². The summed E-state index contributed by atoms with van der Waals surface area (Å²) in [5.74, 6) is 1.24. The fourth-order valence-corrected chi connectivity index (χ4v) is 2.98. The Balaban J connectivity index is 2.07. The van der Waals surface area contributed by atoms with Crippen molar-refractivity contribution in [2.45, 2.75) is 25.8 Å². The fraction of sp³-hybridized carbons (Fsp3) is 0.533. The molecule has 1 fully saturated rings. The summed E-state index contributed by atoms with van der Waals surface area (Å²) < 4.78 is 0. The molecule has 4 N–H and O–H groups in total. The van der Waals surface area contributed by atoms with Crippen LogP contribution in [0.1, 0.15) is 17.7 Å². The van der Waals surface area contributed by atoms with E-state index in [9.17, 15) is 5.11 Å². The second kappa shape index (κ2) is 5.66. The molecule has 0 aromatic carbocycles. The van der Waals surface area contributed by atoms with Crippen molar-refractivity contribution < 1.29 is 5.11 Å². The summed E-state index contributed by atoms with van der Waals surface area (Å²) in [7, 11) is 1.84. The molecule has 0 spiro atoms. The highest BCUT2D eigenvalue weighted by Gasteiger charge is 2.34. The van der Waals surface area contributed by atoms with Crippen LogP contribution in [0.5, 0.6) is 0 Å². The van der Waals surface area contributed by atoms with E-state index >= 15 is 0 Å². The molecule has 2 aromatic heterocycles. The summed E-state index contributed by atoms with van der Waals surface area (Å²) in [6, 6.07) is 2.02. The van der Waals surface area contributed by atoms with Gasteiger partial charge in [0.25, 0.3) is 0 Å². The minimum atomic E-state index is -0.405. The summed E-state index contributed by atoms with van der Waals surface area (Å²) in [6.45, 7) is 5.59. The lowest BCUT2D eigenvalue weighted by Crippen LogP contribution is -2.44. The van der Waals surface area contributed by atoms with Crippen molar-refractivity contribution in [1.82, 2.24) is 20.3 Å². The molecule has 3 heterocycles. The Morgan fingerprint density at radius 3 is 2.77 bits per heavy atom. The van der Waals surface area contributed by atoms with Crippen LogP contribution in [0.2, 0.25) is 0 Å². The van der Waals surface area contributed by atoms with Crippen molar-refractivity contribution in [3.8, 4) is 0 Å². The van der Waals surface area contributed by atoms with Gasteiger partial charge in [0.1, 0.15) is 5.82 Å². The second-order valence-electron chi connectivity index (χ2n) is 5.92. The van der Waals surface area contributed by atoms with E-state index in [1.807, 2.05) is 27.0 Å². The van der Waals surface area contributed by atoms with E-state index < -0.39 is 5.54 Å². The average molecular weight is 302 g/mol. The van der Waals surface area contributed by atoms with Gasteiger partial charge >= 0.3 is 0 Å². The van der Waals surface area contributed by atoms with Crippen molar-refractivity contribution in [3.05, 3.63) is 17.3 Å². The third-order valence-corrected chi connectivity index (χ3v) is 4.15. The van der Waals surface area contributed by atoms with E-state index in [0.717, 1.165) is 35.4 Å². The molecule has 0 aliphatic carbocycles. The Morgan fingerprint density at radius 1 is 1.32 bits per heavy atom. The van der Waals surface area contributed by atoms with Crippen molar-refractivity contribution in [2.75, 3.05) is 37.4 Å². The van der Waals surface area contributed by atoms with Crippen LogP contribution in [0.4, 0.5) is 11.8 Å². The molecule has 0 amide bonds. The van der Waals surface area contributed by atoms with E-state index in [0.29, 0.717) is 18.1 Å². The van der Waals surface area contributed by atoms with Gasteiger partial charge in [0.05, 0.1) is 17.5 Å².